The van der Waals surface area contributed by atoms with Crippen LogP contribution in [0.4, 0.5) is 5.69 Å². The van der Waals surface area contributed by atoms with Gasteiger partial charge >= 0.3 is 0 Å². The molecule has 3 rings (SSSR count). The van der Waals surface area contributed by atoms with Crippen molar-refractivity contribution in [2.75, 3.05) is 43.9 Å². The zero-order chi connectivity index (χ0) is 21.7. The first-order chi connectivity index (χ1) is 14.3. The number of hydrogen-bond donors (Lipinski definition) is 2. The molecule has 1 aliphatic carbocycles. The fourth-order valence-electron chi connectivity index (χ4n) is 4.44. The minimum Gasteiger partial charge on any atom is -0.372 e. The molecule has 3 atom stereocenters. The summed E-state index contributed by atoms with van der Waals surface area (Å²) in [6.45, 7) is 4.61. The van der Waals surface area contributed by atoms with Crippen LogP contribution in [0.2, 0.25) is 0 Å². The maximum absolute atomic E-state index is 12.6. The second-order valence-corrected chi connectivity index (χ2v) is 10.2. The van der Waals surface area contributed by atoms with Gasteiger partial charge in [-0.1, -0.05) is 18.2 Å². The van der Waals surface area contributed by atoms with Crippen molar-refractivity contribution in [3.05, 3.63) is 30.3 Å². The number of amides is 2. The molecule has 2 amide bonds. The Hall–Kier alpha value is -2.13. The number of rotatable bonds is 8. The Morgan fingerprint density at radius 1 is 1.27 bits per heavy atom. The van der Waals surface area contributed by atoms with Crippen molar-refractivity contribution in [1.82, 2.24) is 14.9 Å². The smallest absolute Gasteiger partial charge is 0.235 e. The minimum absolute atomic E-state index is 0.00834. The molecule has 166 valence electrons. The number of para-hydroxylation sites is 1. The summed E-state index contributed by atoms with van der Waals surface area (Å²) in [5.41, 5.74) is 1.17. The van der Waals surface area contributed by atoms with Crippen molar-refractivity contribution in [1.29, 1.82) is 0 Å². The summed E-state index contributed by atoms with van der Waals surface area (Å²) in [5.74, 6) is -0.535. The van der Waals surface area contributed by atoms with Crippen LogP contribution in [0.25, 0.3) is 0 Å². The molecule has 0 bridgehead atoms. The largest absolute Gasteiger partial charge is 0.372 e. The Balaban J connectivity index is 1.47. The van der Waals surface area contributed by atoms with Gasteiger partial charge in [-0.15, -0.1) is 0 Å². The molecule has 1 aromatic carbocycles. The van der Waals surface area contributed by atoms with E-state index in [1.807, 2.05) is 18.2 Å². The molecule has 9 heteroatoms. The summed E-state index contributed by atoms with van der Waals surface area (Å²) >= 11 is 0. The van der Waals surface area contributed by atoms with Gasteiger partial charge in [-0.3, -0.25) is 9.59 Å². The van der Waals surface area contributed by atoms with E-state index in [9.17, 15) is 18.0 Å². The number of hydrogen-bond acceptors (Lipinski definition) is 5. The van der Waals surface area contributed by atoms with Gasteiger partial charge < -0.3 is 15.5 Å². The fourth-order valence-corrected chi connectivity index (χ4v) is 5.26. The highest BCUT2D eigenvalue weighted by Gasteiger charge is 2.42. The highest BCUT2D eigenvalue weighted by atomic mass is 32.2. The number of carbonyl (C=O) groups is 2. The van der Waals surface area contributed by atoms with Crippen LogP contribution in [-0.2, 0) is 19.6 Å². The summed E-state index contributed by atoms with van der Waals surface area (Å²) in [6, 6.07) is 10.1. The maximum Gasteiger partial charge on any atom is 0.235 e. The third-order valence-electron chi connectivity index (χ3n) is 6.05. The highest BCUT2D eigenvalue weighted by Crippen LogP contribution is 2.33. The van der Waals surface area contributed by atoms with E-state index in [1.54, 1.807) is 0 Å². The molecule has 2 N–H and O–H groups in total. The molecule has 1 saturated carbocycles. The van der Waals surface area contributed by atoms with Gasteiger partial charge in [0.2, 0.25) is 21.8 Å². The number of nitrogens with zero attached hydrogens (tertiary/aromatic N) is 2. The Kier molecular flexibility index (Phi) is 7.36. The van der Waals surface area contributed by atoms with Crippen molar-refractivity contribution >= 4 is 27.5 Å². The summed E-state index contributed by atoms with van der Waals surface area (Å²) in [6.07, 6.45) is 3.11. The monoisotopic (exact) mass is 436 g/mol. The normalized spacial score (nSPS) is 24.6. The summed E-state index contributed by atoms with van der Waals surface area (Å²) in [7, 11) is -3.44. The second kappa shape index (κ2) is 9.78. The molecule has 1 heterocycles. The average molecular weight is 437 g/mol. The fraction of sp³-hybridized carbons (Fsp3) is 0.619. The molecule has 30 heavy (non-hydrogen) atoms. The van der Waals surface area contributed by atoms with Gasteiger partial charge in [-0.2, -0.15) is 4.31 Å². The zero-order valence-corrected chi connectivity index (χ0v) is 18.5. The molecule has 1 aromatic rings. The summed E-state index contributed by atoms with van der Waals surface area (Å²) in [5, 5.41) is 5.93. The van der Waals surface area contributed by atoms with E-state index in [-0.39, 0.29) is 42.8 Å². The van der Waals surface area contributed by atoms with Gasteiger partial charge in [0.25, 0.3) is 0 Å². The molecule has 1 aliphatic heterocycles. The second-order valence-electron chi connectivity index (χ2n) is 8.22. The van der Waals surface area contributed by atoms with E-state index < -0.39 is 10.0 Å². The maximum atomic E-state index is 12.6. The van der Waals surface area contributed by atoms with Gasteiger partial charge in [0, 0.05) is 43.8 Å². The third kappa shape index (κ3) is 5.72. The van der Waals surface area contributed by atoms with Crippen LogP contribution in [0.1, 0.15) is 26.2 Å². The van der Waals surface area contributed by atoms with Crippen LogP contribution >= 0.6 is 0 Å². The lowest BCUT2D eigenvalue weighted by Crippen LogP contribution is -2.39. The molecular weight excluding hydrogens is 404 g/mol. The van der Waals surface area contributed by atoms with Crippen LogP contribution in [0.3, 0.4) is 0 Å². The van der Waals surface area contributed by atoms with Crippen LogP contribution < -0.4 is 15.5 Å². The lowest BCUT2D eigenvalue weighted by molar-refractivity contribution is -0.125. The predicted molar refractivity (Wildman–Crippen MR) is 117 cm³/mol. The van der Waals surface area contributed by atoms with Crippen LogP contribution in [-0.4, -0.2) is 69.6 Å². The third-order valence-corrected chi connectivity index (χ3v) is 7.26. The molecule has 0 radical (unpaired) electrons. The number of benzene rings is 1. The van der Waals surface area contributed by atoms with E-state index in [1.165, 1.54) is 9.99 Å². The first kappa shape index (κ1) is 22.6. The molecule has 2 fully saturated rings. The van der Waals surface area contributed by atoms with Gasteiger partial charge in [-0.05, 0) is 44.2 Å². The van der Waals surface area contributed by atoms with Crippen molar-refractivity contribution in [3.8, 4) is 0 Å². The number of carbonyl (C=O) groups excluding carboxylic acids is 2. The number of anilines is 1. The number of nitrogens with one attached hydrogen (secondary N) is 2. The van der Waals surface area contributed by atoms with Crippen LogP contribution in [0, 0.1) is 11.8 Å². The van der Waals surface area contributed by atoms with E-state index in [4.69, 9.17) is 0 Å². The Morgan fingerprint density at radius 3 is 2.67 bits per heavy atom. The number of sulfonamides is 1. The van der Waals surface area contributed by atoms with Crippen molar-refractivity contribution in [2.45, 2.75) is 32.2 Å². The van der Waals surface area contributed by atoms with Crippen molar-refractivity contribution in [3.63, 3.8) is 0 Å². The van der Waals surface area contributed by atoms with Gasteiger partial charge in [0.05, 0.1) is 12.8 Å². The first-order valence-corrected chi connectivity index (χ1v) is 12.4. The molecule has 1 saturated heterocycles. The van der Waals surface area contributed by atoms with E-state index in [2.05, 4.69) is 34.6 Å². The first-order valence-electron chi connectivity index (χ1n) is 10.6. The summed E-state index contributed by atoms with van der Waals surface area (Å²) < 4.78 is 25.0. The number of fused-ring (bicyclic) bond motifs is 1. The lowest BCUT2D eigenvalue weighted by Gasteiger charge is -2.23. The lowest BCUT2D eigenvalue weighted by atomic mass is 10.0. The Morgan fingerprint density at radius 2 is 2.00 bits per heavy atom. The van der Waals surface area contributed by atoms with Crippen molar-refractivity contribution < 1.29 is 18.0 Å². The van der Waals surface area contributed by atoms with Crippen LogP contribution in [0.15, 0.2) is 30.3 Å². The summed E-state index contributed by atoms with van der Waals surface area (Å²) in [4.78, 5) is 27.0. The quantitative estimate of drug-likeness (QED) is 0.588. The highest BCUT2D eigenvalue weighted by molar-refractivity contribution is 7.88. The topological polar surface area (TPSA) is 98.8 Å². The molecule has 2 aliphatic rings. The average Bonchev–Trinajstić information content (AvgIpc) is 3.02. The van der Waals surface area contributed by atoms with Crippen LogP contribution in [0.5, 0.6) is 0 Å². The van der Waals surface area contributed by atoms with Gasteiger partial charge in [0.1, 0.15) is 0 Å². The van der Waals surface area contributed by atoms with E-state index in [0.29, 0.717) is 19.4 Å². The SMILES string of the molecule is CCN(CCCNC(=O)[C@H]1C[C@@H]2CN(S(C)(=O)=O)CC(=O)N[C@@H]2C1)c1ccccc1. The molecule has 0 spiro atoms. The van der Waals surface area contributed by atoms with Crippen molar-refractivity contribution in [2.24, 2.45) is 11.8 Å². The van der Waals surface area contributed by atoms with Gasteiger partial charge in [0.15, 0.2) is 0 Å². The Bertz CT molecular complexity index is 846. The van der Waals surface area contributed by atoms with E-state index >= 15 is 0 Å². The Labute approximate surface area is 179 Å². The van der Waals surface area contributed by atoms with Gasteiger partial charge in [-0.25, -0.2) is 8.42 Å². The molecular formula is C21H32N4O4S. The zero-order valence-electron chi connectivity index (χ0n) is 17.7. The molecule has 0 unspecified atom stereocenters. The molecule has 8 nitrogen and oxygen atoms in total. The van der Waals surface area contributed by atoms with E-state index in [0.717, 1.165) is 25.8 Å². The standard InChI is InChI=1S/C21H32N4O4S/c1-3-24(18-8-5-4-6-9-18)11-7-10-22-21(27)16-12-17-14-25(30(2,28)29)15-20(26)23-19(17)13-16/h4-6,8-9,16-17,19H,3,7,10-15H2,1-2H3,(H,22,27)(H,23,26)/t16-,17+,19+/m0/s1. The molecule has 0 aromatic heterocycles. The minimum atomic E-state index is -3.44. The predicted octanol–water partition coefficient (Wildman–Crippen LogP) is 0.805.